The predicted octanol–water partition coefficient (Wildman–Crippen LogP) is 1.18. The summed E-state index contributed by atoms with van der Waals surface area (Å²) in [5.74, 6) is -0.0143. The monoisotopic (exact) mass is 226 g/mol. The van der Waals surface area contributed by atoms with E-state index in [2.05, 4.69) is 11.9 Å². The number of amides is 2. The van der Waals surface area contributed by atoms with Crippen LogP contribution in [0.25, 0.3) is 0 Å². The van der Waals surface area contributed by atoms with Gasteiger partial charge < -0.3 is 10.2 Å². The minimum absolute atomic E-state index is 0.00500. The maximum atomic E-state index is 11.5. The molecule has 92 valence electrons. The highest BCUT2D eigenvalue weighted by atomic mass is 16.2. The summed E-state index contributed by atoms with van der Waals surface area (Å²) in [5.41, 5.74) is -0.389. The van der Waals surface area contributed by atoms with Crippen molar-refractivity contribution in [2.45, 2.75) is 27.7 Å². The van der Waals surface area contributed by atoms with Crippen LogP contribution in [-0.4, -0.2) is 36.3 Å². The molecule has 0 spiro atoms. The topological polar surface area (TPSA) is 49.4 Å². The van der Waals surface area contributed by atoms with Gasteiger partial charge in [0.25, 0.3) is 0 Å². The van der Waals surface area contributed by atoms with Gasteiger partial charge in [0, 0.05) is 32.0 Å². The molecule has 0 aliphatic rings. The van der Waals surface area contributed by atoms with Crippen LogP contribution in [0.15, 0.2) is 12.7 Å². The highest BCUT2D eigenvalue weighted by molar-refractivity contribution is 5.81. The van der Waals surface area contributed by atoms with Crippen LogP contribution in [0, 0.1) is 5.41 Å². The molecule has 0 heterocycles. The van der Waals surface area contributed by atoms with E-state index in [1.807, 2.05) is 20.8 Å². The predicted molar refractivity (Wildman–Crippen MR) is 64.9 cm³/mol. The Bertz CT molecular complexity index is 267. The van der Waals surface area contributed by atoms with E-state index in [1.165, 1.54) is 6.92 Å². The third-order valence-electron chi connectivity index (χ3n) is 2.14. The molecule has 1 N–H and O–H groups in total. The van der Waals surface area contributed by atoms with Crippen molar-refractivity contribution < 1.29 is 9.59 Å². The molecule has 0 saturated carbocycles. The van der Waals surface area contributed by atoms with Gasteiger partial charge in [-0.25, -0.2) is 0 Å². The van der Waals surface area contributed by atoms with Crippen LogP contribution >= 0.6 is 0 Å². The number of carbonyl (C=O) groups excluding carboxylic acids is 2. The van der Waals surface area contributed by atoms with Crippen molar-refractivity contribution in [3.8, 4) is 0 Å². The lowest BCUT2D eigenvalue weighted by molar-refractivity contribution is -0.130. The van der Waals surface area contributed by atoms with Crippen LogP contribution in [0.1, 0.15) is 27.7 Å². The third-order valence-corrected chi connectivity index (χ3v) is 2.14. The summed E-state index contributed by atoms with van der Waals surface area (Å²) in [6, 6.07) is 0. The average molecular weight is 226 g/mol. The Morgan fingerprint density at radius 2 is 1.94 bits per heavy atom. The summed E-state index contributed by atoms with van der Waals surface area (Å²) >= 11 is 0. The number of nitrogens with zero attached hydrogens (tertiary/aromatic N) is 1. The Balaban J connectivity index is 4.00. The maximum absolute atomic E-state index is 11.5. The first kappa shape index (κ1) is 14.7. The van der Waals surface area contributed by atoms with Crippen LogP contribution < -0.4 is 5.32 Å². The van der Waals surface area contributed by atoms with Gasteiger partial charge in [-0.15, -0.1) is 6.58 Å². The first-order valence-corrected chi connectivity index (χ1v) is 5.43. The number of rotatable bonds is 5. The Morgan fingerprint density at radius 1 is 1.38 bits per heavy atom. The van der Waals surface area contributed by atoms with Gasteiger partial charge in [0.1, 0.15) is 0 Å². The first-order valence-electron chi connectivity index (χ1n) is 5.43. The van der Waals surface area contributed by atoms with Gasteiger partial charge >= 0.3 is 0 Å². The molecular formula is C12H22N2O2. The fourth-order valence-electron chi connectivity index (χ4n) is 1.10. The SMILES string of the molecule is C=CCN(CCNC(=O)C(C)(C)C)C(C)=O. The molecule has 2 amide bonds. The highest BCUT2D eigenvalue weighted by Gasteiger charge is 2.20. The zero-order valence-electron chi connectivity index (χ0n) is 10.7. The second-order valence-electron chi connectivity index (χ2n) is 4.76. The quantitative estimate of drug-likeness (QED) is 0.716. The largest absolute Gasteiger partial charge is 0.354 e. The summed E-state index contributed by atoms with van der Waals surface area (Å²) in [6.45, 7) is 12.2. The molecule has 0 aliphatic carbocycles. The minimum atomic E-state index is -0.389. The number of carbonyl (C=O) groups is 2. The average Bonchev–Trinajstić information content (AvgIpc) is 2.14. The summed E-state index contributed by atoms with van der Waals surface area (Å²) < 4.78 is 0. The molecule has 0 bridgehead atoms. The molecule has 0 aromatic heterocycles. The molecule has 0 aromatic carbocycles. The van der Waals surface area contributed by atoms with Gasteiger partial charge in [-0.05, 0) is 0 Å². The van der Waals surface area contributed by atoms with Crippen molar-refractivity contribution >= 4 is 11.8 Å². The normalized spacial score (nSPS) is 10.8. The van der Waals surface area contributed by atoms with Gasteiger partial charge in [0.2, 0.25) is 11.8 Å². The van der Waals surface area contributed by atoms with Gasteiger partial charge in [0.15, 0.2) is 0 Å². The Labute approximate surface area is 97.7 Å². The van der Waals surface area contributed by atoms with Crippen molar-refractivity contribution in [2.75, 3.05) is 19.6 Å². The zero-order valence-corrected chi connectivity index (χ0v) is 10.7. The van der Waals surface area contributed by atoms with E-state index < -0.39 is 0 Å². The summed E-state index contributed by atoms with van der Waals surface area (Å²) in [5, 5.41) is 2.80. The minimum Gasteiger partial charge on any atom is -0.354 e. The second-order valence-corrected chi connectivity index (χ2v) is 4.76. The third kappa shape index (κ3) is 5.53. The Morgan fingerprint density at radius 3 is 2.31 bits per heavy atom. The standard InChI is InChI=1S/C12H22N2O2/c1-6-8-14(10(2)15)9-7-13-11(16)12(3,4)5/h6H,1,7-9H2,2-5H3,(H,13,16). The molecule has 0 aromatic rings. The van der Waals surface area contributed by atoms with Gasteiger partial charge in [-0.3, -0.25) is 9.59 Å². The molecule has 0 rings (SSSR count). The first-order chi connectivity index (χ1) is 7.29. The molecule has 0 unspecified atom stereocenters. The van der Waals surface area contributed by atoms with Crippen molar-refractivity contribution in [2.24, 2.45) is 5.41 Å². The molecule has 0 fully saturated rings. The van der Waals surface area contributed by atoms with Crippen LogP contribution in [0.3, 0.4) is 0 Å². The van der Waals surface area contributed by atoms with Gasteiger partial charge in [-0.2, -0.15) is 0 Å². The van der Waals surface area contributed by atoms with E-state index in [4.69, 9.17) is 0 Å². The summed E-state index contributed by atoms with van der Waals surface area (Å²) in [6.07, 6.45) is 1.67. The lowest BCUT2D eigenvalue weighted by Crippen LogP contribution is -2.41. The van der Waals surface area contributed by atoms with Gasteiger partial charge in [-0.1, -0.05) is 26.8 Å². The fourth-order valence-corrected chi connectivity index (χ4v) is 1.10. The molecule has 4 nitrogen and oxygen atoms in total. The molecule has 0 aliphatic heterocycles. The molecule has 4 heteroatoms. The lowest BCUT2D eigenvalue weighted by Gasteiger charge is -2.22. The maximum Gasteiger partial charge on any atom is 0.225 e. The molecular weight excluding hydrogens is 204 g/mol. The van der Waals surface area contributed by atoms with Crippen molar-refractivity contribution in [3.05, 3.63) is 12.7 Å². The van der Waals surface area contributed by atoms with Crippen molar-refractivity contribution in [1.82, 2.24) is 10.2 Å². The molecule has 16 heavy (non-hydrogen) atoms. The lowest BCUT2D eigenvalue weighted by atomic mass is 9.96. The second kappa shape index (κ2) is 6.30. The molecule has 0 radical (unpaired) electrons. The van der Waals surface area contributed by atoms with E-state index in [9.17, 15) is 9.59 Å². The van der Waals surface area contributed by atoms with Crippen LogP contribution in [-0.2, 0) is 9.59 Å². The summed E-state index contributed by atoms with van der Waals surface area (Å²) in [4.78, 5) is 24.3. The van der Waals surface area contributed by atoms with Crippen molar-refractivity contribution in [1.29, 1.82) is 0 Å². The van der Waals surface area contributed by atoms with Crippen molar-refractivity contribution in [3.63, 3.8) is 0 Å². The van der Waals surface area contributed by atoms with Crippen LogP contribution in [0.2, 0.25) is 0 Å². The number of hydrogen-bond donors (Lipinski definition) is 1. The Hall–Kier alpha value is -1.32. The van der Waals surface area contributed by atoms with Gasteiger partial charge in [0.05, 0.1) is 0 Å². The molecule has 0 saturated heterocycles. The number of hydrogen-bond acceptors (Lipinski definition) is 2. The van der Waals surface area contributed by atoms with Crippen LogP contribution in [0.5, 0.6) is 0 Å². The fraction of sp³-hybridized carbons (Fsp3) is 0.667. The van der Waals surface area contributed by atoms with E-state index in [1.54, 1.807) is 11.0 Å². The molecule has 0 atom stereocenters. The van der Waals surface area contributed by atoms with E-state index in [0.717, 1.165) is 0 Å². The summed E-state index contributed by atoms with van der Waals surface area (Å²) in [7, 11) is 0. The highest BCUT2D eigenvalue weighted by Crippen LogP contribution is 2.11. The van der Waals surface area contributed by atoms with Crippen LogP contribution in [0.4, 0.5) is 0 Å². The van der Waals surface area contributed by atoms with E-state index in [0.29, 0.717) is 19.6 Å². The van der Waals surface area contributed by atoms with E-state index in [-0.39, 0.29) is 17.2 Å². The van der Waals surface area contributed by atoms with E-state index >= 15 is 0 Å². The Kier molecular flexibility index (Phi) is 5.78. The smallest absolute Gasteiger partial charge is 0.225 e. The zero-order chi connectivity index (χ0) is 12.8. The number of nitrogens with one attached hydrogen (secondary N) is 1.